The Morgan fingerprint density at radius 1 is 1.47 bits per heavy atom. The van der Waals surface area contributed by atoms with Gasteiger partial charge in [-0.2, -0.15) is 0 Å². The lowest BCUT2D eigenvalue weighted by molar-refractivity contribution is -0.119. The Labute approximate surface area is 85.5 Å². The number of nitrogens with one attached hydrogen (secondary N) is 1. The van der Waals surface area contributed by atoms with Crippen LogP contribution in [-0.4, -0.2) is 12.5 Å². The lowest BCUT2D eigenvalue weighted by atomic mass is 10.2. The van der Waals surface area contributed by atoms with Gasteiger partial charge in [-0.25, -0.2) is 15.4 Å². The highest BCUT2D eigenvalue weighted by Crippen LogP contribution is 2.10. The summed E-state index contributed by atoms with van der Waals surface area (Å²) in [6, 6.07) is 3.73. The molecule has 0 heterocycles. The highest BCUT2D eigenvalue weighted by molar-refractivity contribution is 5.79. The molecule has 0 aliphatic heterocycles. The first kappa shape index (κ1) is 11.1. The molecule has 0 radical (unpaired) electrons. The Morgan fingerprint density at radius 2 is 2.20 bits per heavy atom. The molecule has 1 N–H and O–H groups in total. The van der Waals surface area contributed by atoms with Crippen LogP contribution in [0.3, 0.4) is 0 Å². The summed E-state index contributed by atoms with van der Waals surface area (Å²) >= 11 is 0. The number of amides is 1. The van der Waals surface area contributed by atoms with Crippen molar-refractivity contribution >= 4 is 5.91 Å². The number of rotatable bonds is 3. The molecule has 0 aliphatic carbocycles. The fourth-order valence-electron chi connectivity index (χ4n) is 1.01. The van der Waals surface area contributed by atoms with Gasteiger partial charge in [0.05, 0.1) is 0 Å². The first-order valence-corrected chi connectivity index (χ1v) is 4.18. The molecule has 3 nitrogen and oxygen atoms in total. The van der Waals surface area contributed by atoms with Gasteiger partial charge in [0, 0.05) is 12.1 Å². The Bertz CT molecular complexity index is 412. The quantitative estimate of drug-likeness (QED) is 0.753. The molecule has 0 aromatic heterocycles. The molecule has 0 atom stereocenters. The zero-order valence-corrected chi connectivity index (χ0v) is 7.76. The lowest BCUT2D eigenvalue weighted by Gasteiger charge is -2.03. The summed E-state index contributed by atoms with van der Waals surface area (Å²) in [5.41, 5.74) is 0.0633. The minimum Gasteiger partial charge on any atom is -0.345 e. The van der Waals surface area contributed by atoms with Crippen molar-refractivity contribution < 1.29 is 13.6 Å². The molecule has 0 bridgehead atoms. The maximum absolute atomic E-state index is 13.1. The van der Waals surface area contributed by atoms with Crippen molar-refractivity contribution in [3.05, 3.63) is 46.8 Å². The van der Waals surface area contributed by atoms with E-state index >= 15 is 0 Å². The van der Waals surface area contributed by atoms with E-state index in [4.69, 9.17) is 6.57 Å². The predicted octanol–water partition coefficient (Wildman–Crippen LogP) is 1.50. The van der Waals surface area contributed by atoms with Crippen LogP contribution in [0.5, 0.6) is 0 Å². The molecule has 5 heteroatoms. The average Bonchev–Trinajstić information content (AvgIpc) is 2.21. The number of carbonyl (C=O) groups is 1. The third-order valence-electron chi connectivity index (χ3n) is 1.73. The van der Waals surface area contributed by atoms with Crippen LogP contribution in [0.15, 0.2) is 18.2 Å². The SMILES string of the molecule is [C-]#[N+]CC(=O)NCc1cccc(F)c1F. The maximum atomic E-state index is 13.1. The van der Waals surface area contributed by atoms with E-state index in [-0.39, 0.29) is 18.7 Å². The van der Waals surface area contributed by atoms with Crippen LogP contribution in [0.4, 0.5) is 8.78 Å². The van der Waals surface area contributed by atoms with E-state index in [0.29, 0.717) is 0 Å². The van der Waals surface area contributed by atoms with Crippen LogP contribution in [-0.2, 0) is 11.3 Å². The van der Waals surface area contributed by atoms with Gasteiger partial charge in [0.2, 0.25) is 0 Å². The monoisotopic (exact) mass is 210 g/mol. The number of carbonyl (C=O) groups excluding carboxylic acids is 1. The largest absolute Gasteiger partial charge is 0.345 e. The van der Waals surface area contributed by atoms with Crippen LogP contribution in [0.2, 0.25) is 0 Å². The van der Waals surface area contributed by atoms with Crippen molar-refractivity contribution in [1.82, 2.24) is 5.32 Å². The molecule has 78 valence electrons. The Balaban J connectivity index is 2.63. The summed E-state index contributed by atoms with van der Waals surface area (Å²) in [5, 5.41) is 2.31. The second kappa shape index (κ2) is 5.05. The van der Waals surface area contributed by atoms with Crippen molar-refractivity contribution in [2.45, 2.75) is 6.54 Å². The number of halogens is 2. The average molecular weight is 210 g/mol. The fraction of sp³-hybridized carbons (Fsp3) is 0.200. The number of benzene rings is 1. The van der Waals surface area contributed by atoms with Crippen molar-refractivity contribution in [3.8, 4) is 0 Å². The summed E-state index contributed by atoms with van der Waals surface area (Å²) in [6.45, 7) is 6.00. The molecular weight excluding hydrogens is 202 g/mol. The molecule has 0 saturated carbocycles. The molecule has 0 unspecified atom stereocenters. The summed E-state index contributed by atoms with van der Waals surface area (Å²) < 4.78 is 25.8. The van der Waals surface area contributed by atoms with Gasteiger partial charge in [-0.3, -0.25) is 4.79 Å². The topological polar surface area (TPSA) is 33.5 Å². The summed E-state index contributed by atoms with van der Waals surface area (Å²) in [5.74, 6) is -2.43. The summed E-state index contributed by atoms with van der Waals surface area (Å²) in [7, 11) is 0. The first-order valence-electron chi connectivity index (χ1n) is 4.18. The number of nitrogens with zero attached hydrogens (tertiary/aromatic N) is 1. The van der Waals surface area contributed by atoms with Crippen LogP contribution >= 0.6 is 0 Å². The van der Waals surface area contributed by atoms with Crippen LogP contribution < -0.4 is 5.32 Å². The Kier molecular flexibility index (Phi) is 3.75. The van der Waals surface area contributed by atoms with Gasteiger partial charge in [-0.1, -0.05) is 12.1 Å². The van der Waals surface area contributed by atoms with E-state index in [2.05, 4.69) is 10.2 Å². The second-order valence-electron chi connectivity index (χ2n) is 2.81. The number of hydrogen-bond acceptors (Lipinski definition) is 1. The van der Waals surface area contributed by atoms with E-state index < -0.39 is 17.5 Å². The third kappa shape index (κ3) is 3.02. The van der Waals surface area contributed by atoms with Crippen molar-refractivity contribution in [3.63, 3.8) is 0 Å². The smallest absolute Gasteiger partial charge is 0.300 e. The van der Waals surface area contributed by atoms with Gasteiger partial charge < -0.3 is 10.2 Å². The highest BCUT2D eigenvalue weighted by Gasteiger charge is 2.09. The minimum atomic E-state index is -0.972. The van der Waals surface area contributed by atoms with Crippen molar-refractivity contribution in [1.29, 1.82) is 0 Å². The van der Waals surface area contributed by atoms with Gasteiger partial charge >= 0.3 is 0 Å². The van der Waals surface area contributed by atoms with Crippen LogP contribution in [0.25, 0.3) is 4.85 Å². The van der Waals surface area contributed by atoms with Gasteiger partial charge in [-0.05, 0) is 6.07 Å². The zero-order valence-electron chi connectivity index (χ0n) is 7.76. The maximum Gasteiger partial charge on any atom is 0.300 e. The molecule has 0 spiro atoms. The Hall–Kier alpha value is -1.96. The highest BCUT2D eigenvalue weighted by atomic mass is 19.2. The third-order valence-corrected chi connectivity index (χ3v) is 1.73. The van der Waals surface area contributed by atoms with E-state index in [9.17, 15) is 13.6 Å². The lowest BCUT2D eigenvalue weighted by Crippen LogP contribution is -2.25. The van der Waals surface area contributed by atoms with Gasteiger partial charge in [0.15, 0.2) is 11.6 Å². The predicted molar refractivity (Wildman–Crippen MR) is 49.7 cm³/mol. The van der Waals surface area contributed by atoms with E-state index in [1.165, 1.54) is 12.1 Å². The molecular formula is C10H8F2N2O. The van der Waals surface area contributed by atoms with Gasteiger partial charge in [-0.15, -0.1) is 0 Å². The van der Waals surface area contributed by atoms with Crippen LogP contribution in [0.1, 0.15) is 5.56 Å². The Morgan fingerprint density at radius 3 is 2.87 bits per heavy atom. The van der Waals surface area contributed by atoms with Gasteiger partial charge in [0.1, 0.15) is 0 Å². The van der Waals surface area contributed by atoms with Crippen LogP contribution in [0, 0.1) is 18.2 Å². The van der Waals surface area contributed by atoms with Crippen molar-refractivity contribution in [2.75, 3.05) is 6.54 Å². The molecule has 1 aromatic carbocycles. The fourth-order valence-corrected chi connectivity index (χ4v) is 1.01. The molecule has 0 saturated heterocycles. The molecule has 1 aromatic rings. The molecule has 0 fully saturated rings. The standard InChI is InChI=1S/C10H8F2N2O/c1-13-6-9(15)14-5-7-3-2-4-8(11)10(7)12/h2-4H,5-6H2,(H,14,15). The van der Waals surface area contributed by atoms with E-state index in [1.807, 2.05) is 0 Å². The molecule has 0 aliphatic rings. The molecule has 1 rings (SSSR count). The molecule has 1 amide bonds. The normalized spacial score (nSPS) is 9.40. The van der Waals surface area contributed by atoms with E-state index in [0.717, 1.165) is 6.07 Å². The number of hydrogen-bond donors (Lipinski definition) is 1. The molecule has 15 heavy (non-hydrogen) atoms. The van der Waals surface area contributed by atoms with Crippen molar-refractivity contribution in [2.24, 2.45) is 0 Å². The summed E-state index contributed by atoms with van der Waals surface area (Å²) in [4.78, 5) is 13.7. The second-order valence-corrected chi connectivity index (χ2v) is 2.81. The summed E-state index contributed by atoms with van der Waals surface area (Å²) in [6.07, 6.45) is 0. The minimum absolute atomic E-state index is 0.0633. The van der Waals surface area contributed by atoms with Gasteiger partial charge in [0.25, 0.3) is 12.5 Å². The zero-order chi connectivity index (χ0) is 11.3. The first-order chi connectivity index (χ1) is 7.15. The van der Waals surface area contributed by atoms with E-state index in [1.54, 1.807) is 0 Å².